The predicted octanol–water partition coefficient (Wildman–Crippen LogP) is 4.43. The molecule has 0 radical (unpaired) electrons. The van der Waals surface area contributed by atoms with Gasteiger partial charge in [0.05, 0.1) is 24.2 Å². The van der Waals surface area contributed by atoms with E-state index >= 15 is 0 Å². The van der Waals surface area contributed by atoms with Crippen molar-refractivity contribution < 1.29 is 28.7 Å². The van der Waals surface area contributed by atoms with Crippen molar-refractivity contribution in [1.29, 1.82) is 0 Å². The van der Waals surface area contributed by atoms with Crippen molar-refractivity contribution in [3.05, 3.63) is 0 Å². The molecular weight excluding hydrogens is 362 g/mol. The Kier molecular flexibility index (Phi) is 14.9. The monoisotopic (exact) mass is 403 g/mol. The zero-order valence-corrected chi connectivity index (χ0v) is 19.3. The molecule has 1 saturated heterocycles. The second-order valence-corrected chi connectivity index (χ2v) is 7.10. The van der Waals surface area contributed by atoms with Crippen molar-refractivity contribution in [2.45, 2.75) is 106 Å². The lowest BCUT2D eigenvalue weighted by atomic mass is 10.0. The van der Waals surface area contributed by atoms with Crippen LogP contribution in [-0.4, -0.2) is 47.3 Å². The van der Waals surface area contributed by atoms with Crippen LogP contribution in [0.1, 0.15) is 94.4 Å². The first kappa shape index (κ1) is 28.7. The molecule has 0 atom stereocenters. The quantitative estimate of drug-likeness (QED) is 0.502. The number of nitrogens with zero attached hydrogens (tertiary/aromatic N) is 1. The molecule has 0 aromatic rings. The van der Waals surface area contributed by atoms with Crippen LogP contribution >= 0.6 is 0 Å². The highest BCUT2D eigenvalue weighted by Crippen LogP contribution is 2.21. The van der Waals surface area contributed by atoms with Gasteiger partial charge >= 0.3 is 5.97 Å². The van der Waals surface area contributed by atoms with Gasteiger partial charge < -0.3 is 14.3 Å². The summed E-state index contributed by atoms with van der Waals surface area (Å²) in [5.41, 5.74) is -0.763. The molecule has 166 valence electrons. The third-order valence-electron chi connectivity index (χ3n) is 3.86. The maximum atomic E-state index is 11.8. The summed E-state index contributed by atoms with van der Waals surface area (Å²) in [6.07, 6.45) is 1.42. The van der Waals surface area contributed by atoms with E-state index < -0.39 is 23.4 Å². The van der Waals surface area contributed by atoms with Crippen molar-refractivity contribution in [3.8, 4) is 0 Å². The lowest BCUT2D eigenvalue weighted by Crippen LogP contribution is -2.34. The second-order valence-electron chi connectivity index (χ2n) is 7.10. The molecule has 0 N–H and O–H groups in total. The summed E-state index contributed by atoms with van der Waals surface area (Å²) in [6.45, 7) is 18.9. The standard InChI is InChI=1S/C17H29NO6.2C2H6/c1-6-22-17(4,5)11-12-23-16(2,3)10-9-15(21)24-18-13(19)7-8-14(18)20;2*1-2/h6-12H2,1-5H3;2*1-2H3. The molecule has 0 saturated carbocycles. The lowest BCUT2D eigenvalue weighted by molar-refractivity contribution is -0.198. The molecule has 1 fully saturated rings. The third kappa shape index (κ3) is 12.1. The van der Waals surface area contributed by atoms with Gasteiger partial charge in [-0.1, -0.05) is 27.7 Å². The van der Waals surface area contributed by atoms with Crippen LogP contribution in [0.2, 0.25) is 0 Å². The van der Waals surface area contributed by atoms with E-state index in [1.807, 2.05) is 62.3 Å². The smallest absolute Gasteiger partial charge is 0.333 e. The van der Waals surface area contributed by atoms with Gasteiger partial charge in [-0.15, -0.1) is 5.06 Å². The Morgan fingerprint density at radius 1 is 0.893 bits per heavy atom. The van der Waals surface area contributed by atoms with Crippen molar-refractivity contribution >= 4 is 17.8 Å². The molecule has 0 spiro atoms. The number of hydroxylamine groups is 2. The average Bonchev–Trinajstić information content (AvgIpc) is 2.95. The lowest BCUT2D eigenvalue weighted by Gasteiger charge is -2.29. The summed E-state index contributed by atoms with van der Waals surface area (Å²) in [4.78, 5) is 39.5. The third-order valence-corrected chi connectivity index (χ3v) is 3.86. The summed E-state index contributed by atoms with van der Waals surface area (Å²) in [5, 5.41) is 0.570. The minimum atomic E-state index is -0.607. The molecule has 0 unspecified atom stereocenters. The van der Waals surface area contributed by atoms with Gasteiger partial charge in [-0.25, -0.2) is 4.79 Å². The first-order valence-corrected chi connectivity index (χ1v) is 10.4. The van der Waals surface area contributed by atoms with Crippen molar-refractivity contribution in [3.63, 3.8) is 0 Å². The number of carbonyl (C=O) groups excluding carboxylic acids is 3. The number of rotatable bonds is 10. The largest absolute Gasteiger partial charge is 0.376 e. The van der Waals surface area contributed by atoms with Crippen LogP contribution in [0.25, 0.3) is 0 Å². The Balaban J connectivity index is 0. The highest BCUT2D eigenvalue weighted by molar-refractivity contribution is 6.01. The Labute approximate surface area is 171 Å². The van der Waals surface area contributed by atoms with E-state index in [-0.39, 0.29) is 24.9 Å². The average molecular weight is 404 g/mol. The molecule has 7 heteroatoms. The van der Waals surface area contributed by atoms with Crippen LogP contribution in [0, 0.1) is 0 Å². The first-order chi connectivity index (χ1) is 13.1. The van der Waals surface area contributed by atoms with Gasteiger partial charge in [-0.3, -0.25) is 9.59 Å². The zero-order valence-electron chi connectivity index (χ0n) is 19.3. The molecule has 0 aromatic heterocycles. The molecule has 0 bridgehead atoms. The van der Waals surface area contributed by atoms with E-state index in [1.54, 1.807) is 0 Å². The highest BCUT2D eigenvalue weighted by atomic mass is 16.7. The number of carbonyl (C=O) groups is 3. The fourth-order valence-electron chi connectivity index (χ4n) is 2.32. The fourth-order valence-corrected chi connectivity index (χ4v) is 2.32. The molecule has 1 rings (SSSR count). The van der Waals surface area contributed by atoms with E-state index in [0.717, 1.165) is 6.42 Å². The molecule has 1 aliphatic rings. The molecule has 1 heterocycles. The summed E-state index contributed by atoms with van der Waals surface area (Å²) < 4.78 is 11.5. The molecule has 1 aliphatic heterocycles. The molecule has 2 amide bonds. The number of ether oxygens (including phenoxy) is 2. The summed E-state index contributed by atoms with van der Waals surface area (Å²) in [7, 11) is 0. The van der Waals surface area contributed by atoms with E-state index in [1.165, 1.54) is 0 Å². The number of hydrogen-bond acceptors (Lipinski definition) is 6. The zero-order chi connectivity index (χ0) is 22.4. The van der Waals surface area contributed by atoms with Crippen LogP contribution < -0.4 is 0 Å². The Bertz CT molecular complexity index is 458. The van der Waals surface area contributed by atoms with Gasteiger partial charge in [-0.05, 0) is 47.5 Å². The number of amides is 2. The number of hydrogen-bond donors (Lipinski definition) is 0. The van der Waals surface area contributed by atoms with Gasteiger partial charge in [0, 0.05) is 19.4 Å². The van der Waals surface area contributed by atoms with Crippen LogP contribution in [0.5, 0.6) is 0 Å². The summed E-state index contributed by atoms with van der Waals surface area (Å²) >= 11 is 0. The van der Waals surface area contributed by atoms with E-state index in [4.69, 9.17) is 14.3 Å². The summed E-state index contributed by atoms with van der Waals surface area (Å²) in [5.74, 6) is -1.55. The fraction of sp³-hybridized carbons (Fsp3) is 0.857. The summed E-state index contributed by atoms with van der Waals surface area (Å²) in [6, 6.07) is 0. The molecule has 28 heavy (non-hydrogen) atoms. The number of imide groups is 1. The van der Waals surface area contributed by atoms with Gasteiger partial charge in [0.1, 0.15) is 0 Å². The Morgan fingerprint density at radius 2 is 1.36 bits per heavy atom. The first-order valence-electron chi connectivity index (χ1n) is 10.4. The van der Waals surface area contributed by atoms with Gasteiger partial charge in [-0.2, -0.15) is 0 Å². The maximum Gasteiger partial charge on any atom is 0.333 e. The normalized spacial score (nSPS) is 14.1. The maximum absolute atomic E-state index is 11.8. The van der Waals surface area contributed by atoms with Crippen LogP contribution in [0.3, 0.4) is 0 Å². The topological polar surface area (TPSA) is 82.1 Å². The van der Waals surface area contributed by atoms with Gasteiger partial charge in [0.2, 0.25) is 0 Å². The Hall–Kier alpha value is -1.47. The van der Waals surface area contributed by atoms with Crippen molar-refractivity contribution in [2.75, 3.05) is 13.2 Å². The molecular formula is C21H41NO6. The van der Waals surface area contributed by atoms with Crippen molar-refractivity contribution in [2.24, 2.45) is 0 Å². The van der Waals surface area contributed by atoms with E-state index in [9.17, 15) is 14.4 Å². The van der Waals surface area contributed by atoms with Gasteiger partial charge in [0.25, 0.3) is 11.8 Å². The van der Waals surface area contributed by atoms with E-state index in [2.05, 4.69) is 0 Å². The van der Waals surface area contributed by atoms with Crippen molar-refractivity contribution in [1.82, 2.24) is 5.06 Å². The SMILES string of the molecule is CC.CC.CCOC(C)(C)CCOC(C)(C)CCC(=O)ON1C(=O)CCC1=O. The molecule has 0 aliphatic carbocycles. The van der Waals surface area contributed by atoms with Crippen LogP contribution in [-0.2, 0) is 28.7 Å². The van der Waals surface area contributed by atoms with Crippen LogP contribution in [0.4, 0.5) is 0 Å². The van der Waals surface area contributed by atoms with E-state index in [0.29, 0.717) is 24.7 Å². The highest BCUT2D eigenvalue weighted by Gasteiger charge is 2.33. The minimum absolute atomic E-state index is 0.0684. The Morgan fingerprint density at radius 3 is 1.82 bits per heavy atom. The minimum Gasteiger partial charge on any atom is -0.376 e. The molecule has 7 nitrogen and oxygen atoms in total. The predicted molar refractivity (Wildman–Crippen MR) is 109 cm³/mol. The van der Waals surface area contributed by atoms with Gasteiger partial charge in [0.15, 0.2) is 0 Å². The second kappa shape index (κ2) is 14.5. The molecule has 0 aromatic carbocycles. The van der Waals surface area contributed by atoms with Crippen LogP contribution in [0.15, 0.2) is 0 Å².